The molecule has 0 N–H and O–H groups in total. The van der Waals surface area contributed by atoms with Crippen LogP contribution in [0.15, 0.2) is 12.3 Å². The Morgan fingerprint density at radius 1 is 1.30 bits per heavy atom. The maximum Gasteiger partial charge on any atom is 0.497 e. The molecule has 0 aliphatic carbocycles. The van der Waals surface area contributed by atoms with Gasteiger partial charge in [0.25, 0.3) is 0 Å². The van der Waals surface area contributed by atoms with E-state index in [1.807, 2.05) is 27.7 Å². The number of carbonyl (C=O) groups is 1. The zero-order valence-electron chi connectivity index (χ0n) is 12.2. The van der Waals surface area contributed by atoms with Crippen LogP contribution in [0.25, 0.3) is 0 Å². The van der Waals surface area contributed by atoms with Crippen molar-refractivity contribution in [1.82, 2.24) is 4.98 Å². The highest BCUT2D eigenvalue weighted by molar-refractivity contribution is 6.63. The van der Waals surface area contributed by atoms with Gasteiger partial charge in [-0.25, -0.2) is 14.2 Å². The summed E-state index contributed by atoms with van der Waals surface area (Å²) in [4.78, 5) is 15.5. The van der Waals surface area contributed by atoms with Crippen molar-refractivity contribution >= 4 is 18.6 Å². The summed E-state index contributed by atoms with van der Waals surface area (Å²) in [5.41, 5.74) is -0.947. The molecule has 5 nitrogen and oxygen atoms in total. The van der Waals surface area contributed by atoms with Crippen LogP contribution in [0.2, 0.25) is 0 Å². The summed E-state index contributed by atoms with van der Waals surface area (Å²) in [6.45, 7) is 7.49. The summed E-state index contributed by atoms with van der Waals surface area (Å²) in [6.07, 6.45) is 0.959. The van der Waals surface area contributed by atoms with Crippen molar-refractivity contribution < 1.29 is 23.2 Å². The predicted molar refractivity (Wildman–Crippen MR) is 71.3 cm³/mol. The zero-order valence-corrected chi connectivity index (χ0v) is 12.2. The summed E-state index contributed by atoms with van der Waals surface area (Å²) < 4.78 is 29.7. The topological polar surface area (TPSA) is 57.7 Å². The lowest BCUT2D eigenvalue weighted by atomic mass is 9.77. The summed E-state index contributed by atoms with van der Waals surface area (Å²) in [7, 11) is 0.374. The second kappa shape index (κ2) is 4.82. The molecule has 108 valence electrons. The van der Waals surface area contributed by atoms with Crippen LogP contribution in [-0.4, -0.2) is 36.4 Å². The van der Waals surface area contributed by atoms with Gasteiger partial charge in [0.2, 0.25) is 0 Å². The Bertz CT molecular complexity index is 531. The third kappa shape index (κ3) is 2.43. The van der Waals surface area contributed by atoms with Crippen molar-refractivity contribution in [2.24, 2.45) is 0 Å². The maximum absolute atomic E-state index is 13.4. The largest absolute Gasteiger partial charge is 0.497 e. The van der Waals surface area contributed by atoms with Crippen molar-refractivity contribution in [2.75, 3.05) is 7.11 Å². The number of aromatic nitrogens is 1. The maximum atomic E-state index is 13.4. The Morgan fingerprint density at radius 2 is 1.85 bits per heavy atom. The number of rotatable bonds is 2. The molecule has 1 saturated heterocycles. The standard InChI is InChI=1S/C13H17BFNO4/c1-12(2)13(3,4)20-14(19-12)9-6-8(15)7-16-10(9)11(17)18-5/h6-7H,1-5H3. The number of ether oxygens (including phenoxy) is 1. The number of pyridine rings is 1. The molecule has 0 radical (unpaired) electrons. The minimum absolute atomic E-state index is 0.00704. The quantitative estimate of drug-likeness (QED) is 0.604. The number of halogens is 1. The molecule has 0 aromatic carbocycles. The Labute approximate surface area is 117 Å². The molecule has 1 aromatic heterocycles. The molecule has 2 rings (SSSR count). The Balaban J connectivity index is 2.44. The number of hydrogen-bond acceptors (Lipinski definition) is 5. The van der Waals surface area contributed by atoms with Gasteiger partial charge in [-0.1, -0.05) is 0 Å². The molecule has 0 saturated carbocycles. The molecule has 0 bridgehead atoms. The van der Waals surface area contributed by atoms with Crippen molar-refractivity contribution in [3.63, 3.8) is 0 Å². The first kappa shape index (κ1) is 14.9. The fourth-order valence-corrected chi connectivity index (χ4v) is 1.87. The predicted octanol–water partition coefficient (Wildman–Crippen LogP) is 1.31. The molecule has 2 heterocycles. The lowest BCUT2D eigenvalue weighted by Gasteiger charge is -2.32. The van der Waals surface area contributed by atoms with Crippen LogP contribution in [0, 0.1) is 5.82 Å². The second-order valence-electron chi connectivity index (χ2n) is 5.67. The van der Waals surface area contributed by atoms with Gasteiger partial charge < -0.3 is 14.0 Å². The average Bonchev–Trinajstić information content (AvgIpc) is 2.57. The van der Waals surface area contributed by atoms with E-state index in [1.54, 1.807) is 0 Å². The highest BCUT2D eigenvalue weighted by Gasteiger charge is 2.52. The van der Waals surface area contributed by atoms with Crippen LogP contribution in [0.5, 0.6) is 0 Å². The van der Waals surface area contributed by atoms with E-state index in [0.717, 1.165) is 6.20 Å². The third-order valence-corrected chi connectivity index (χ3v) is 3.77. The first-order chi connectivity index (χ1) is 9.18. The molecule has 1 fully saturated rings. The monoisotopic (exact) mass is 281 g/mol. The Hall–Kier alpha value is -1.47. The van der Waals surface area contributed by atoms with Crippen LogP contribution in [0.3, 0.4) is 0 Å². The van der Waals surface area contributed by atoms with E-state index < -0.39 is 30.1 Å². The lowest BCUT2D eigenvalue weighted by molar-refractivity contribution is 0.00578. The summed E-state index contributed by atoms with van der Waals surface area (Å²) in [5.74, 6) is -1.22. The van der Waals surface area contributed by atoms with Crippen molar-refractivity contribution in [3.8, 4) is 0 Å². The number of esters is 1. The SMILES string of the molecule is COC(=O)c1ncc(F)cc1B1OC(C)(C)C(C)(C)O1. The van der Waals surface area contributed by atoms with Crippen LogP contribution < -0.4 is 5.46 Å². The van der Waals surface area contributed by atoms with Gasteiger partial charge in [0.1, 0.15) is 11.5 Å². The third-order valence-electron chi connectivity index (χ3n) is 3.77. The van der Waals surface area contributed by atoms with Gasteiger partial charge in [-0.2, -0.15) is 0 Å². The van der Waals surface area contributed by atoms with Gasteiger partial charge in [-0.15, -0.1) is 0 Å². The summed E-state index contributed by atoms with van der Waals surface area (Å²) in [5, 5.41) is 0. The molecule has 1 aliphatic rings. The van der Waals surface area contributed by atoms with E-state index in [2.05, 4.69) is 9.72 Å². The van der Waals surface area contributed by atoms with Crippen molar-refractivity contribution in [2.45, 2.75) is 38.9 Å². The van der Waals surface area contributed by atoms with Crippen molar-refractivity contribution in [3.05, 3.63) is 23.8 Å². The smallest absolute Gasteiger partial charge is 0.464 e. The van der Waals surface area contributed by atoms with Crippen molar-refractivity contribution in [1.29, 1.82) is 0 Å². The Morgan fingerprint density at radius 3 is 2.35 bits per heavy atom. The fourth-order valence-electron chi connectivity index (χ4n) is 1.87. The van der Waals surface area contributed by atoms with Gasteiger partial charge in [-0.3, -0.25) is 0 Å². The minimum Gasteiger partial charge on any atom is -0.464 e. The normalized spacial score (nSPS) is 20.0. The molecule has 0 spiro atoms. The van der Waals surface area contributed by atoms with Crippen LogP contribution >= 0.6 is 0 Å². The molecule has 0 amide bonds. The number of methoxy groups -OCH3 is 1. The van der Waals surface area contributed by atoms with Crippen LogP contribution in [0.1, 0.15) is 38.2 Å². The number of carbonyl (C=O) groups excluding carboxylic acids is 1. The van der Waals surface area contributed by atoms with E-state index in [1.165, 1.54) is 13.2 Å². The van der Waals surface area contributed by atoms with Gasteiger partial charge in [0.15, 0.2) is 0 Å². The minimum atomic E-state index is -0.864. The van der Waals surface area contributed by atoms with Gasteiger partial charge in [-0.05, 0) is 33.8 Å². The summed E-state index contributed by atoms with van der Waals surface area (Å²) in [6, 6.07) is 1.18. The van der Waals surface area contributed by atoms with Gasteiger partial charge in [0.05, 0.1) is 24.5 Å². The molecular formula is C13H17BFNO4. The Kier molecular flexibility index (Phi) is 3.60. The molecule has 0 atom stereocenters. The summed E-state index contributed by atoms with van der Waals surface area (Å²) >= 11 is 0. The van der Waals surface area contributed by atoms with Gasteiger partial charge >= 0.3 is 13.1 Å². The fraction of sp³-hybridized carbons (Fsp3) is 0.538. The highest BCUT2D eigenvalue weighted by atomic mass is 19.1. The first-order valence-electron chi connectivity index (χ1n) is 6.27. The van der Waals surface area contributed by atoms with Gasteiger partial charge in [0, 0.05) is 5.46 Å². The zero-order chi connectivity index (χ0) is 15.1. The van der Waals surface area contributed by atoms with E-state index in [9.17, 15) is 9.18 Å². The number of nitrogens with zero attached hydrogens (tertiary/aromatic N) is 1. The molecule has 7 heteroatoms. The number of hydrogen-bond donors (Lipinski definition) is 0. The molecular weight excluding hydrogens is 264 g/mol. The molecule has 1 aliphatic heterocycles. The molecule has 1 aromatic rings. The molecule has 0 unspecified atom stereocenters. The van der Waals surface area contributed by atoms with E-state index >= 15 is 0 Å². The van der Waals surface area contributed by atoms with E-state index in [-0.39, 0.29) is 11.2 Å². The highest BCUT2D eigenvalue weighted by Crippen LogP contribution is 2.36. The van der Waals surface area contributed by atoms with Crippen LogP contribution in [-0.2, 0) is 14.0 Å². The van der Waals surface area contributed by atoms with E-state index in [4.69, 9.17) is 9.31 Å². The second-order valence-corrected chi connectivity index (χ2v) is 5.67. The van der Waals surface area contributed by atoms with Crippen LogP contribution in [0.4, 0.5) is 4.39 Å². The molecule has 20 heavy (non-hydrogen) atoms. The van der Waals surface area contributed by atoms with E-state index in [0.29, 0.717) is 0 Å². The first-order valence-corrected chi connectivity index (χ1v) is 6.27. The lowest BCUT2D eigenvalue weighted by Crippen LogP contribution is -2.41. The average molecular weight is 281 g/mol.